The highest BCUT2D eigenvalue weighted by atomic mass is 32.2. The van der Waals surface area contributed by atoms with Crippen molar-refractivity contribution in [3.63, 3.8) is 0 Å². The molecule has 0 saturated carbocycles. The van der Waals surface area contributed by atoms with E-state index in [2.05, 4.69) is 14.9 Å². The van der Waals surface area contributed by atoms with E-state index >= 15 is 0 Å². The Morgan fingerprint density at radius 1 is 1.11 bits per heavy atom. The molecule has 8 nitrogen and oxygen atoms in total. The van der Waals surface area contributed by atoms with E-state index in [-0.39, 0.29) is 17.4 Å². The quantitative estimate of drug-likeness (QED) is 0.612. The van der Waals surface area contributed by atoms with Gasteiger partial charge in [-0.05, 0) is 24.3 Å². The number of sulfonamides is 1. The van der Waals surface area contributed by atoms with E-state index in [1.165, 1.54) is 0 Å². The molecular formula is C17H14FN3O5S. The number of benzene rings is 2. The molecule has 0 aliphatic carbocycles. The van der Waals surface area contributed by atoms with Crippen molar-refractivity contribution in [3.05, 3.63) is 66.3 Å². The van der Waals surface area contributed by atoms with Crippen LogP contribution < -0.4 is 4.72 Å². The molecule has 1 N–H and O–H groups in total. The summed E-state index contributed by atoms with van der Waals surface area (Å²) in [6, 6.07) is 13.3. The Balaban J connectivity index is 1.51. The lowest BCUT2D eigenvalue weighted by Gasteiger charge is -2.06. The van der Waals surface area contributed by atoms with Crippen molar-refractivity contribution in [2.75, 3.05) is 6.54 Å². The first-order valence-corrected chi connectivity index (χ1v) is 9.21. The number of hydrogen-bond donors (Lipinski definition) is 1. The Bertz CT molecular complexity index is 1020. The zero-order valence-electron chi connectivity index (χ0n) is 13.8. The Kier molecular flexibility index (Phi) is 5.57. The summed E-state index contributed by atoms with van der Waals surface area (Å²) in [5.74, 6) is -0.981. The van der Waals surface area contributed by atoms with Gasteiger partial charge in [0.05, 0.1) is 4.90 Å². The van der Waals surface area contributed by atoms with Crippen LogP contribution in [0.5, 0.6) is 0 Å². The third-order valence-corrected chi connectivity index (χ3v) is 4.80. The first kappa shape index (κ1) is 18.7. The van der Waals surface area contributed by atoms with Gasteiger partial charge >= 0.3 is 5.97 Å². The summed E-state index contributed by atoms with van der Waals surface area (Å²) in [5.41, 5.74) is 0.742. The molecular weight excluding hydrogens is 377 g/mol. The van der Waals surface area contributed by atoms with Gasteiger partial charge in [0.15, 0.2) is 6.61 Å². The first-order chi connectivity index (χ1) is 12.9. The summed E-state index contributed by atoms with van der Waals surface area (Å²) >= 11 is 0. The van der Waals surface area contributed by atoms with Crippen molar-refractivity contribution in [2.45, 2.75) is 11.5 Å². The Labute approximate surface area is 154 Å². The van der Waals surface area contributed by atoms with Crippen LogP contribution in [0, 0.1) is 5.82 Å². The third-order valence-electron chi connectivity index (χ3n) is 3.39. The number of nitrogens with zero attached hydrogens (tertiary/aromatic N) is 2. The predicted molar refractivity (Wildman–Crippen MR) is 91.1 cm³/mol. The largest absolute Gasteiger partial charge is 0.455 e. The van der Waals surface area contributed by atoms with E-state index < -0.39 is 28.4 Å². The lowest BCUT2D eigenvalue weighted by atomic mass is 10.2. The minimum absolute atomic E-state index is 0.0728. The van der Waals surface area contributed by atoms with Crippen LogP contribution >= 0.6 is 0 Å². The molecule has 3 rings (SSSR count). The van der Waals surface area contributed by atoms with Crippen LogP contribution in [-0.4, -0.2) is 31.1 Å². The molecule has 140 valence electrons. The molecule has 3 aromatic rings. The number of halogens is 1. The van der Waals surface area contributed by atoms with Crippen molar-refractivity contribution in [2.24, 2.45) is 0 Å². The molecule has 0 fully saturated rings. The number of hydrogen-bond acceptors (Lipinski definition) is 7. The summed E-state index contributed by atoms with van der Waals surface area (Å²) in [5, 5.41) is 3.78. The highest BCUT2D eigenvalue weighted by Gasteiger charge is 2.17. The van der Waals surface area contributed by atoms with E-state index in [4.69, 9.17) is 9.26 Å². The molecule has 0 atom stereocenters. The molecule has 0 aliphatic heterocycles. The highest BCUT2D eigenvalue weighted by molar-refractivity contribution is 7.89. The second-order valence-electron chi connectivity index (χ2n) is 5.32. The van der Waals surface area contributed by atoms with Crippen LogP contribution in [0.3, 0.4) is 0 Å². The minimum Gasteiger partial charge on any atom is -0.455 e. The molecule has 0 bridgehead atoms. The number of nitrogens with one attached hydrogen (secondary N) is 1. The fraction of sp³-hybridized carbons (Fsp3) is 0.118. The van der Waals surface area contributed by atoms with Gasteiger partial charge in [-0.1, -0.05) is 35.5 Å². The van der Waals surface area contributed by atoms with E-state index in [0.717, 1.165) is 29.8 Å². The van der Waals surface area contributed by atoms with Gasteiger partial charge in [0.25, 0.3) is 5.89 Å². The van der Waals surface area contributed by atoms with Crippen molar-refractivity contribution in [3.8, 4) is 11.4 Å². The molecule has 10 heteroatoms. The number of carbonyl (C=O) groups excluding carboxylic acids is 1. The van der Waals surface area contributed by atoms with Crippen LogP contribution in [-0.2, 0) is 26.2 Å². The van der Waals surface area contributed by atoms with E-state index in [1.54, 1.807) is 12.1 Å². The van der Waals surface area contributed by atoms with Crippen molar-refractivity contribution in [1.29, 1.82) is 0 Å². The molecule has 0 amide bonds. The molecule has 1 aromatic heterocycles. The molecule has 0 saturated heterocycles. The Hall–Kier alpha value is -3.11. The molecule has 0 radical (unpaired) electrons. The molecule has 1 heterocycles. The van der Waals surface area contributed by atoms with Crippen molar-refractivity contribution in [1.82, 2.24) is 14.9 Å². The van der Waals surface area contributed by atoms with Crippen LogP contribution in [0.4, 0.5) is 4.39 Å². The van der Waals surface area contributed by atoms with E-state index in [9.17, 15) is 17.6 Å². The monoisotopic (exact) mass is 391 g/mol. The summed E-state index contributed by atoms with van der Waals surface area (Å²) < 4.78 is 48.8. The number of rotatable bonds is 7. The van der Waals surface area contributed by atoms with Gasteiger partial charge in [-0.15, -0.1) is 0 Å². The van der Waals surface area contributed by atoms with Crippen LogP contribution in [0.2, 0.25) is 0 Å². The van der Waals surface area contributed by atoms with Gasteiger partial charge in [0.1, 0.15) is 12.4 Å². The summed E-state index contributed by atoms with van der Waals surface area (Å²) in [4.78, 5) is 15.6. The molecule has 27 heavy (non-hydrogen) atoms. The molecule has 0 aliphatic rings. The van der Waals surface area contributed by atoms with Gasteiger partial charge in [-0.2, -0.15) is 9.71 Å². The van der Waals surface area contributed by atoms with Gasteiger partial charge in [-0.3, -0.25) is 4.79 Å². The van der Waals surface area contributed by atoms with E-state index in [0.29, 0.717) is 5.82 Å². The SMILES string of the molecule is O=C(CNS(=O)(=O)c1ccc(F)cc1)OCc1nc(-c2ccccc2)no1. The fourth-order valence-corrected chi connectivity index (χ4v) is 3.03. The average Bonchev–Trinajstić information content (AvgIpc) is 3.15. The second kappa shape index (κ2) is 8.06. The maximum Gasteiger partial charge on any atom is 0.321 e. The lowest BCUT2D eigenvalue weighted by Crippen LogP contribution is -2.30. The maximum atomic E-state index is 12.9. The van der Waals surface area contributed by atoms with Crippen LogP contribution in [0.1, 0.15) is 5.89 Å². The number of esters is 1. The smallest absolute Gasteiger partial charge is 0.321 e. The number of ether oxygens (including phenoxy) is 1. The minimum atomic E-state index is -3.96. The number of aromatic nitrogens is 2. The zero-order valence-corrected chi connectivity index (χ0v) is 14.6. The maximum absolute atomic E-state index is 12.9. The standard InChI is InChI=1S/C17H14FN3O5S/c18-13-6-8-14(9-7-13)27(23,24)19-10-16(22)25-11-15-20-17(21-26-15)12-4-2-1-3-5-12/h1-9,19H,10-11H2. The van der Waals surface area contributed by atoms with Gasteiger partial charge < -0.3 is 9.26 Å². The molecule has 2 aromatic carbocycles. The van der Waals surface area contributed by atoms with Gasteiger partial charge in [0, 0.05) is 5.56 Å². The highest BCUT2D eigenvalue weighted by Crippen LogP contribution is 2.15. The Morgan fingerprint density at radius 3 is 2.52 bits per heavy atom. The topological polar surface area (TPSA) is 111 Å². The Morgan fingerprint density at radius 2 is 1.81 bits per heavy atom. The van der Waals surface area contributed by atoms with Gasteiger partial charge in [0.2, 0.25) is 15.8 Å². The molecule has 0 spiro atoms. The first-order valence-electron chi connectivity index (χ1n) is 7.73. The van der Waals surface area contributed by atoms with Crippen molar-refractivity contribution >= 4 is 16.0 Å². The summed E-state index contributed by atoms with van der Waals surface area (Å²) in [6.45, 7) is -0.893. The van der Waals surface area contributed by atoms with Crippen molar-refractivity contribution < 1.29 is 26.9 Å². The van der Waals surface area contributed by atoms with Gasteiger partial charge in [-0.25, -0.2) is 12.8 Å². The normalized spacial score (nSPS) is 11.3. The average molecular weight is 391 g/mol. The predicted octanol–water partition coefficient (Wildman–Crippen LogP) is 1.90. The summed E-state index contributed by atoms with van der Waals surface area (Å²) in [6.07, 6.45) is 0. The van der Waals surface area contributed by atoms with Crippen LogP contribution in [0.15, 0.2) is 64.0 Å². The second-order valence-corrected chi connectivity index (χ2v) is 7.08. The van der Waals surface area contributed by atoms with E-state index in [1.807, 2.05) is 18.2 Å². The number of carbonyl (C=O) groups is 1. The van der Waals surface area contributed by atoms with Crippen LogP contribution in [0.25, 0.3) is 11.4 Å². The zero-order chi connectivity index (χ0) is 19.3. The fourth-order valence-electron chi connectivity index (χ4n) is 2.06. The molecule has 0 unspecified atom stereocenters. The third kappa shape index (κ3) is 4.96. The lowest BCUT2D eigenvalue weighted by molar-refractivity contribution is -0.144. The summed E-state index contributed by atoms with van der Waals surface area (Å²) in [7, 11) is -3.96.